The van der Waals surface area contributed by atoms with Crippen molar-refractivity contribution in [3.63, 3.8) is 0 Å². The summed E-state index contributed by atoms with van der Waals surface area (Å²) < 4.78 is 30.6. The molecule has 0 saturated heterocycles. The van der Waals surface area contributed by atoms with E-state index in [1.54, 1.807) is 13.8 Å². The fourth-order valence-electron chi connectivity index (χ4n) is 7.10. The van der Waals surface area contributed by atoms with Crippen LogP contribution in [0.3, 0.4) is 0 Å². The molecule has 0 aromatic carbocycles. The molecule has 2 saturated carbocycles. The molecule has 8 nitrogen and oxygen atoms in total. The smallest absolute Gasteiger partial charge is 0.381 e. The lowest BCUT2D eigenvalue weighted by Gasteiger charge is -2.55. The summed E-state index contributed by atoms with van der Waals surface area (Å²) in [6, 6.07) is 0. The van der Waals surface area contributed by atoms with Gasteiger partial charge in [0.2, 0.25) is 12.1 Å². The Morgan fingerprint density at radius 3 is 2.56 bits per heavy atom. The van der Waals surface area contributed by atoms with Crippen molar-refractivity contribution >= 4 is 19.4 Å². The number of carbonyl (C=O) groups is 2. The Morgan fingerprint density at radius 1 is 1.28 bits per heavy atom. The maximum atomic E-state index is 15.3. The van der Waals surface area contributed by atoms with E-state index in [2.05, 4.69) is 4.52 Å². The number of aliphatic hydroxyl groups is 2. The standard InChI is InChI=1S/C22H30FO8P/c1-11-8-15-13-10-17(23)16-9-12(24)4-6-20(16,2)14(13)5-7-21(15,3)22(11,27)18(25)19(26)31-32(28,29)30/h5,9,11,13,15,17,19,26-27H,4,6-8,10H2,1-3H3,(H2,28,29,30)/t11?,13-,15+,17?,19?,20-,21+,22+/m1/s1. The number of hydrogen-bond acceptors (Lipinski definition) is 6. The van der Waals surface area contributed by atoms with Gasteiger partial charge in [0.15, 0.2) is 5.78 Å². The quantitative estimate of drug-likeness (QED) is 0.278. The van der Waals surface area contributed by atoms with E-state index in [1.165, 1.54) is 6.08 Å². The first kappa shape index (κ1) is 23.9. The second-order valence-corrected chi connectivity index (χ2v) is 11.5. The lowest BCUT2D eigenvalue weighted by atomic mass is 9.50. The van der Waals surface area contributed by atoms with Gasteiger partial charge in [0.05, 0.1) is 0 Å². The van der Waals surface area contributed by atoms with Gasteiger partial charge in [-0.15, -0.1) is 0 Å². The van der Waals surface area contributed by atoms with Gasteiger partial charge in [-0.1, -0.05) is 32.4 Å². The normalized spacial score (nSPS) is 44.7. The number of carbonyl (C=O) groups excluding carboxylic acids is 2. The first-order valence-electron chi connectivity index (χ1n) is 10.9. The number of aliphatic hydroxyl groups excluding tert-OH is 1. The van der Waals surface area contributed by atoms with Crippen molar-refractivity contribution in [2.45, 2.75) is 70.9 Å². The van der Waals surface area contributed by atoms with Gasteiger partial charge >= 0.3 is 7.82 Å². The number of phosphoric ester groups is 1. The van der Waals surface area contributed by atoms with Gasteiger partial charge in [-0.3, -0.25) is 9.59 Å². The highest BCUT2D eigenvalue weighted by atomic mass is 31.2. The van der Waals surface area contributed by atoms with Crippen LogP contribution in [-0.2, 0) is 18.7 Å². The fraction of sp³-hybridized carbons (Fsp3) is 0.727. The minimum atomic E-state index is -5.16. The number of hydrogen-bond donors (Lipinski definition) is 4. The zero-order valence-corrected chi connectivity index (χ0v) is 19.2. The maximum Gasteiger partial charge on any atom is 0.472 e. The topological polar surface area (TPSA) is 141 Å². The average Bonchev–Trinajstić information content (AvgIpc) is 2.89. The molecular formula is C22H30FO8P. The van der Waals surface area contributed by atoms with E-state index in [4.69, 9.17) is 9.79 Å². The number of fused-ring (bicyclic) bond motifs is 5. The Labute approximate surface area is 185 Å². The Morgan fingerprint density at radius 2 is 1.94 bits per heavy atom. The van der Waals surface area contributed by atoms with Crippen molar-refractivity contribution in [2.24, 2.45) is 28.6 Å². The Hall–Kier alpha value is -1.22. The number of rotatable bonds is 4. The zero-order chi connectivity index (χ0) is 23.9. The number of phosphoric acid groups is 1. The molecule has 32 heavy (non-hydrogen) atoms. The highest BCUT2D eigenvalue weighted by Crippen LogP contribution is 2.67. The van der Waals surface area contributed by atoms with Gasteiger partial charge in [0.25, 0.3) is 0 Å². The Balaban J connectivity index is 1.74. The number of alkyl halides is 1. The second kappa shape index (κ2) is 7.39. The molecule has 0 aromatic rings. The molecule has 2 fully saturated rings. The minimum Gasteiger partial charge on any atom is -0.381 e. The molecule has 178 valence electrons. The lowest BCUT2D eigenvalue weighted by molar-refractivity contribution is -0.182. The first-order valence-corrected chi connectivity index (χ1v) is 12.5. The highest BCUT2D eigenvalue weighted by molar-refractivity contribution is 7.46. The molecule has 0 radical (unpaired) electrons. The van der Waals surface area contributed by atoms with E-state index in [0.717, 1.165) is 5.57 Å². The number of Topliss-reactive ketones (excluding diaryl/α,β-unsaturated/α-hetero) is 1. The molecular weight excluding hydrogens is 442 g/mol. The first-order chi connectivity index (χ1) is 14.6. The summed E-state index contributed by atoms with van der Waals surface area (Å²) in [5.74, 6) is -2.47. The van der Waals surface area contributed by atoms with Gasteiger partial charge in [0, 0.05) is 17.3 Å². The summed E-state index contributed by atoms with van der Waals surface area (Å²) in [6.07, 6.45) is 1.21. The van der Waals surface area contributed by atoms with Crippen LogP contribution in [0.4, 0.5) is 4.39 Å². The van der Waals surface area contributed by atoms with Crippen molar-refractivity contribution in [3.8, 4) is 0 Å². The van der Waals surface area contributed by atoms with Gasteiger partial charge < -0.3 is 20.0 Å². The van der Waals surface area contributed by atoms with Crippen LogP contribution in [-0.4, -0.2) is 49.6 Å². The molecule has 0 spiro atoms. The summed E-state index contributed by atoms with van der Waals surface area (Å²) >= 11 is 0. The van der Waals surface area contributed by atoms with E-state index >= 15 is 4.39 Å². The van der Waals surface area contributed by atoms with Crippen LogP contribution in [0, 0.1) is 28.6 Å². The van der Waals surface area contributed by atoms with Crippen LogP contribution in [0.1, 0.15) is 52.9 Å². The predicted octanol–water partition coefficient (Wildman–Crippen LogP) is 2.36. The summed E-state index contributed by atoms with van der Waals surface area (Å²) in [7, 11) is -5.16. The molecule has 0 bridgehead atoms. The molecule has 0 amide bonds. The SMILES string of the molecule is CC1C[C@H]2[C@@H]3CC(F)C4=CC(=O)CC[C@]4(C)C3=CC[C@]2(C)[C@@]1(O)C(=O)C(O)OP(=O)(O)O. The molecule has 4 aliphatic carbocycles. The second-order valence-electron chi connectivity index (χ2n) is 10.3. The third-order valence-corrected chi connectivity index (χ3v) is 9.21. The van der Waals surface area contributed by atoms with E-state index in [-0.39, 0.29) is 30.5 Å². The van der Waals surface area contributed by atoms with Gasteiger partial charge in [-0.05, 0) is 55.1 Å². The zero-order valence-electron chi connectivity index (χ0n) is 18.3. The molecule has 3 unspecified atom stereocenters. The van der Waals surface area contributed by atoms with E-state index in [1.807, 2.05) is 13.0 Å². The molecule has 10 heteroatoms. The molecule has 4 N–H and O–H groups in total. The van der Waals surface area contributed by atoms with Gasteiger partial charge in [-0.2, -0.15) is 0 Å². The molecule has 0 aliphatic heterocycles. The molecule has 0 aromatic heterocycles. The van der Waals surface area contributed by atoms with E-state index < -0.39 is 48.4 Å². The molecule has 4 rings (SSSR count). The Kier molecular flexibility index (Phi) is 5.52. The minimum absolute atomic E-state index is 0.0756. The van der Waals surface area contributed by atoms with Gasteiger partial charge in [0.1, 0.15) is 11.8 Å². The van der Waals surface area contributed by atoms with Crippen LogP contribution in [0.2, 0.25) is 0 Å². The number of ketones is 2. The maximum absolute atomic E-state index is 15.3. The summed E-state index contributed by atoms with van der Waals surface area (Å²) in [5.41, 5.74) is -2.25. The van der Waals surface area contributed by atoms with Crippen molar-refractivity contribution in [1.82, 2.24) is 0 Å². The third kappa shape index (κ3) is 3.24. The largest absolute Gasteiger partial charge is 0.472 e. The average molecular weight is 472 g/mol. The summed E-state index contributed by atoms with van der Waals surface area (Å²) in [5, 5.41) is 21.7. The monoisotopic (exact) mass is 472 g/mol. The van der Waals surface area contributed by atoms with Crippen molar-refractivity contribution in [2.75, 3.05) is 0 Å². The van der Waals surface area contributed by atoms with Crippen LogP contribution < -0.4 is 0 Å². The van der Waals surface area contributed by atoms with Crippen molar-refractivity contribution in [3.05, 3.63) is 23.3 Å². The van der Waals surface area contributed by atoms with Crippen molar-refractivity contribution in [1.29, 1.82) is 0 Å². The molecule has 8 atom stereocenters. The van der Waals surface area contributed by atoms with Crippen LogP contribution in [0.25, 0.3) is 0 Å². The summed E-state index contributed by atoms with van der Waals surface area (Å²) in [6.45, 7) is 5.31. The highest BCUT2D eigenvalue weighted by Gasteiger charge is 2.69. The van der Waals surface area contributed by atoms with Crippen LogP contribution >= 0.6 is 7.82 Å². The van der Waals surface area contributed by atoms with Crippen molar-refractivity contribution < 1.29 is 43.1 Å². The van der Waals surface area contributed by atoms with E-state index in [9.17, 15) is 24.4 Å². The van der Waals surface area contributed by atoms with Crippen LogP contribution in [0.15, 0.2) is 23.3 Å². The van der Waals surface area contributed by atoms with Crippen LogP contribution in [0.5, 0.6) is 0 Å². The Bertz CT molecular complexity index is 971. The molecule has 0 heterocycles. The lowest BCUT2D eigenvalue weighted by Crippen LogP contribution is -2.60. The third-order valence-electron chi connectivity index (χ3n) is 8.74. The predicted molar refractivity (Wildman–Crippen MR) is 111 cm³/mol. The fourth-order valence-corrected chi connectivity index (χ4v) is 7.45. The van der Waals surface area contributed by atoms with Gasteiger partial charge in [-0.25, -0.2) is 13.5 Å². The number of allylic oxidation sites excluding steroid dienone is 4. The summed E-state index contributed by atoms with van der Waals surface area (Å²) in [4.78, 5) is 43.0. The number of halogens is 1. The molecule has 4 aliphatic rings. The van der Waals surface area contributed by atoms with E-state index in [0.29, 0.717) is 24.8 Å².